The van der Waals surface area contributed by atoms with Crippen LogP contribution in [0.2, 0.25) is 0 Å². The van der Waals surface area contributed by atoms with Gasteiger partial charge in [0.05, 0.1) is 24.1 Å². The maximum atomic E-state index is 13.8. The molecule has 1 amide bonds. The van der Waals surface area contributed by atoms with E-state index in [4.69, 9.17) is 4.74 Å². The van der Waals surface area contributed by atoms with Crippen molar-refractivity contribution in [1.29, 1.82) is 0 Å². The lowest BCUT2D eigenvalue weighted by Gasteiger charge is -2.39. The molecule has 1 aromatic heterocycles. The molecule has 4 aromatic rings. The average Bonchev–Trinajstić information content (AvgIpc) is 3.38. The van der Waals surface area contributed by atoms with Crippen molar-refractivity contribution in [2.75, 3.05) is 12.0 Å². The van der Waals surface area contributed by atoms with Gasteiger partial charge in [0.25, 0.3) is 11.6 Å². The molecule has 2 heterocycles. The Morgan fingerprint density at radius 2 is 1.83 bits per heavy atom. The lowest BCUT2D eigenvalue weighted by atomic mass is 9.90. The summed E-state index contributed by atoms with van der Waals surface area (Å²) in [5, 5.41) is 15.8. The predicted molar refractivity (Wildman–Crippen MR) is 130 cm³/mol. The number of hydrogen-bond donors (Lipinski definition) is 0. The van der Waals surface area contributed by atoms with Gasteiger partial charge in [-0.3, -0.25) is 19.8 Å². The fourth-order valence-electron chi connectivity index (χ4n) is 4.59. The fraction of sp³-hybridized carbons (Fsp3) is 0.192. The number of aromatic nitrogens is 3. The number of carbonyl (C=O) groups excluding carboxylic acids is 1. The second-order valence-electron chi connectivity index (χ2n) is 8.41. The van der Waals surface area contributed by atoms with Crippen molar-refractivity contribution in [2.24, 2.45) is 0 Å². The molecule has 0 radical (unpaired) electrons. The first-order valence-corrected chi connectivity index (χ1v) is 11.1. The number of para-hydroxylation sites is 1. The van der Waals surface area contributed by atoms with Gasteiger partial charge in [-0.1, -0.05) is 54.1 Å². The molecule has 0 aliphatic carbocycles. The van der Waals surface area contributed by atoms with E-state index in [0.717, 1.165) is 22.4 Å². The zero-order valence-electron chi connectivity index (χ0n) is 19.2. The van der Waals surface area contributed by atoms with Gasteiger partial charge in [0.2, 0.25) is 5.95 Å². The Hall–Kier alpha value is -4.53. The molecule has 0 unspecified atom stereocenters. The van der Waals surface area contributed by atoms with Gasteiger partial charge in [0.1, 0.15) is 12.1 Å². The van der Waals surface area contributed by atoms with Crippen LogP contribution in [0.1, 0.15) is 45.6 Å². The summed E-state index contributed by atoms with van der Waals surface area (Å²) >= 11 is 0. The number of anilines is 1. The fourth-order valence-corrected chi connectivity index (χ4v) is 4.59. The number of fused-ring (bicyclic) bond motifs is 1. The first-order valence-electron chi connectivity index (χ1n) is 11.1. The highest BCUT2D eigenvalue weighted by molar-refractivity contribution is 6.06. The molecule has 5 rings (SSSR count). The smallest absolute Gasteiger partial charge is 0.270 e. The van der Waals surface area contributed by atoms with E-state index in [1.165, 1.54) is 24.5 Å². The number of benzene rings is 3. The summed E-state index contributed by atoms with van der Waals surface area (Å²) in [5.41, 5.74) is 3.03. The summed E-state index contributed by atoms with van der Waals surface area (Å²) in [5.74, 6) is 0.710. The van der Waals surface area contributed by atoms with Gasteiger partial charge in [0.15, 0.2) is 0 Å². The normalized spacial score (nSPS) is 17.0. The molecule has 0 fully saturated rings. The Kier molecular flexibility index (Phi) is 5.74. The zero-order chi connectivity index (χ0) is 24.5. The molecule has 0 saturated carbocycles. The van der Waals surface area contributed by atoms with Gasteiger partial charge in [-0.2, -0.15) is 10.1 Å². The van der Waals surface area contributed by atoms with Crippen LogP contribution in [0, 0.1) is 17.0 Å². The molecule has 3 aromatic carbocycles. The minimum Gasteiger partial charge on any atom is -0.496 e. The molecule has 1 aliphatic rings. The molecule has 176 valence electrons. The number of nitro groups is 1. The third-order valence-electron chi connectivity index (χ3n) is 6.31. The van der Waals surface area contributed by atoms with Crippen molar-refractivity contribution in [1.82, 2.24) is 14.8 Å². The Morgan fingerprint density at radius 1 is 1.06 bits per heavy atom. The Labute approximate surface area is 201 Å². The summed E-state index contributed by atoms with van der Waals surface area (Å²) in [6, 6.07) is 20.9. The molecular weight excluding hydrogens is 446 g/mol. The van der Waals surface area contributed by atoms with Gasteiger partial charge in [-0.05, 0) is 31.0 Å². The highest BCUT2D eigenvalue weighted by Crippen LogP contribution is 2.44. The second kappa shape index (κ2) is 9.02. The number of carbonyl (C=O) groups is 1. The van der Waals surface area contributed by atoms with Gasteiger partial charge >= 0.3 is 0 Å². The third-order valence-corrected chi connectivity index (χ3v) is 6.31. The molecule has 9 nitrogen and oxygen atoms in total. The van der Waals surface area contributed by atoms with Crippen LogP contribution in [0.4, 0.5) is 11.6 Å². The van der Waals surface area contributed by atoms with Crippen molar-refractivity contribution < 1.29 is 14.5 Å². The lowest BCUT2D eigenvalue weighted by molar-refractivity contribution is -0.384. The number of nitrogens with zero attached hydrogens (tertiary/aromatic N) is 5. The van der Waals surface area contributed by atoms with E-state index in [0.29, 0.717) is 12.4 Å². The van der Waals surface area contributed by atoms with Crippen LogP contribution < -0.4 is 9.64 Å². The zero-order valence-corrected chi connectivity index (χ0v) is 19.2. The topological polar surface area (TPSA) is 103 Å². The van der Waals surface area contributed by atoms with Crippen LogP contribution in [0.25, 0.3) is 0 Å². The van der Waals surface area contributed by atoms with Gasteiger partial charge in [-0.25, -0.2) is 4.68 Å². The second-order valence-corrected chi connectivity index (χ2v) is 8.41. The molecule has 0 saturated heterocycles. The number of aryl methyl sites for hydroxylation is 1. The van der Waals surface area contributed by atoms with E-state index < -0.39 is 4.92 Å². The van der Waals surface area contributed by atoms with Crippen molar-refractivity contribution in [3.63, 3.8) is 0 Å². The van der Waals surface area contributed by atoms with Crippen LogP contribution in [0.15, 0.2) is 79.1 Å². The van der Waals surface area contributed by atoms with Gasteiger partial charge in [0, 0.05) is 23.3 Å². The van der Waals surface area contributed by atoms with Crippen molar-refractivity contribution in [3.8, 4) is 5.75 Å². The van der Waals surface area contributed by atoms with E-state index in [-0.39, 0.29) is 29.2 Å². The third kappa shape index (κ3) is 4.01. The Bertz CT molecular complexity index is 1400. The molecule has 2 atom stereocenters. The standard InChI is InChI=1S/C26H23N5O4/c1-17-10-12-18(13-11-17)22-15-23(21-8-3-4-9-24(21)35-2)30-26(27-16-28-30)29(22)25(32)19-6-5-7-20(14-19)31(33)34/h3-14,16,22-23H,15H2,1-2H3/t22-,23+/m1/s1. The molecular formula is C26H23N5O4. The number of hydrogen-bond acceptors (Lipinski definition) is 6. The summed E-state index contributed by atoms with van der Waals surface area (Å²) in [7, 11) is 1.62. The summed E-state index contributed by atoms with van der Waals surface area (Å²) in [6.45, 7) is 2.00. The average molecular weight is 470 g/mol. The number of methoxy groups -OCH3 is 1. The molecule has 35 heavy (non-hydrogen) atoms. The quantitative estimate of drug-likeness (QED) is 0.305. The number of nitro benzene ring substituents is 1. The Balaban J connectivity index is 1.66. The highest BCUT2D eigenvalue weighted by Gasteiger charge is 2.40. The lowest BCUT2D eigenvalue weighted by Crippen LogP contribution is -2.42. The summed E-state index contributed by atoms with van der Waals surface area (Å²) in [6.07, 6.45) is 1.93. The first kappa shape index (κ1) is 22.3. The number of rotatable bonds is 5. The molecule has 9 heteroatoms. The van der Waals surface area contributed by atoms with Crippen LogP contribution in [-0.4, -0.2) is 32.7 Å². The van der Waals surface area contributed by atoms with E-state index >= 15 is 0 Å². The largest absolute Gasteiger partial charge is 0.496 e. The molecule has 1 aliphatic heterocycles. The molecule has 0 spiro atoms. The minimum absolute atomic E-state index is 0.145. The van der Waals surface area contributed by atoms with Crippen molar-refractivity contribution in [3.05, 3.63) is 111 Å². The van der Waals surface area contributed by atoms with E-state index in [1.807, 2.05) is 55.5 Å². The SMILES string of the molecule is COc1ccccc1[C@@H]1C[C@H](c2ccc(C)cc2)N(C(=O)c2cccc([N+](=O)[O-])c2)c2ncnn21. The van der Waals surface area contributed by atoms with Gasteiger partial charge < -0.3 is 4.74 Å². The summed E-state index contributed by atoms with van der Waals surface area (Å²) in [4.78, 5) is 30.7. The molecule has 0 N–H and O–H groups in total. The van der Waals surface area contributed by atoms with Crippen LogP contribution >= 0.6 is 0 Å². The maximum Gasteiger partial charge on any atom is 0.270 e. The Morgan fingerprint density at radius 3 is 2.57 bits per heavy atom. The maximum absolute atomic E-state index is 13.8. The van der Waals surface area contributed by atoms with Crippen LogP contribution in [-0.2, 0) is 0 Å². The first-order chi connectivity index (χ1) is 17.0. The molecule has 0 bridgehead atoms. The summed E-state index contributed by atoms with van der Waals surface area (Å²) < 4.78 is 7.34. The number of non-ortho nitro benzene ring substituents is 1. The van der Waals surface area contributed by atoms with Crippen LogP contribution in [0.5, 0.6) is 5.75 Å². The van der Waals surface area contributed by atoms with Crippen molar-refractivity contribution >= 4 is 17.5 Å². The van der Waals surface area contributed by atoms with Crippen LogP contribution in [0.3, 0.4) is 0 Å². The number of ether oxygens (including phenoxy) is 1. The monoisotopic (exact) mass is 469 g/mol. The van der Waals surface area contributed by atoms with Gasteiger partial charge in [-0.15, -0.1) is 0 Å². The van der Waals surface area contributed by atoms with E-state index in [1.54, 1.807) is 22.8 Å². The highest BCUT2D eigenvalue weighted by atomic mass is 16.6. The minimum atomic E-state index is -0.509. The van der Waals surface area contributed by atoms with E-state index in [9.17, 15) is 14.9 Å². The van der Waals surface area contributed by atoms with E-state index in [2.05, 4.69) is 10.1 Å². The number of amides is 1. The van der Waals surface area contributed by atoms with Crippen molar-refractivity contribution in [2.45, 2.75) is 25.4 Å². The predicted octanol–water partition coefficient (Wildman–Crippen LogP) is 4.88.